The van der Waals surface area contributed by atoms with Crippen LogP contribution in [0.15, 0.2) is 0 Å². The first-order valence-electron chi connectivity index (χ1n) is 4.76. The number of ether oxygens (including phenoxy) is 1. The van der Waals surface area contributed by atoms with E-state index in [9.17, 15) is 13.2 Å². The molecule has 0 aliphatic heterocycles. The lowest BCUT2D eigenvalue weighted by Gasteiger charge is -2.19. The van der Waals surface area contributed by atoms with E-state index in [4.69, 9.17) is 5.73 Å². The van der Waals surface area contributed by atoms with Crippen molar-refractivity contribution in [2.45, 2.75) is 39.0 Å². The maximum Gasteiger partial charge on any atom is 0.415 e. The quantitative estimate of drug-likeness (QED) is 0.687. The van der Waals surface area contributed by atoms with Gasteiger partial charge in [0, 0.05) is 13.2 Å². The van der Waals surface area contributed by atoms with Crippen LogP contribution in [0, 0.1) is 5.92 Å². The molecule has 1 atom stereocenters. The van der Waals surface area contributed by atoms with Crippen molar-refractivity contribution in [3.05, 3.63) is 0 Å². The molecule has 2 N–H and O–H groups in total. The van der Waals surface area contributed by atoms with Crippen LogP contribution < -0.4 is 5.73 Å². The van der Waals surface area contributed by atoms with Gasteiger partial charge in [-0.25, -0.2) is 0 Å². The summed E-state index contributed by atoms with van der Waals surface area (Å²) in [6.07, 6.45) is -4.64. The zero-order chi connectivity index (χ0) is 11.2. The topological polar surface area (TPSA) is 35.2 Å². The van der Waals surface area contributed by atoms with E-state index in [0.717, 1.165) is 6.42 Å². The van der Waals surface area contributed by atoms with Gasteiger partial charge < -0.3 is 10.5 Å². The Morgan fingerprint density at radius 3 is 2.21 bits per heavy atom. The number of alkyl halides is 3. The SMILES string of the molecule is CC(C)CCCOC(CN)C(F)(F)F. The Labute approximate surface area is 82.6 Å². The third-order valence-corrected chi connectivity index (χ3v) is 1.82. The highest BCUT2D eigenvalue weighted by Gasteiger charge is 2.39. The number of nitrogens with two attached hydrogens (primary N) is 1. The maximum absolute atomic E-state index is 12.1. The molecule has 0 spiro atoms. The Balaban J connectivity index is 3.64. The van der Waals surface area contributed by atoms with Crippen molar-refractivity contribution >= 4 is 0 Å². The van der Waals surface area contributed by atoms with Crippen LogP contribution in [0.4, 0.5) is 13.2 Å². The fourth-order valence-corrected chi connectivity index (χ4v) is 1.01. The number of hydrogen-bond donors (Lipinski definition) is 1. The van der Waals surface area contributed by atoms with Gasteiger partial charge >= 0.3 is 6.18 Å². The van der Waals surface area contributed by atoms with Crippen molar-refractivity contribution in [2.24, 2.45) is 11.7 Å². The van der Waals surface area contributed by atoms with Crippen LogP contribution >= 0.6 is 0 Å². The predicted molar refractivity (Wildman–Crippen MR) is 48.9 cm³/mol. The fraction of sp³-hybridized carbons (Fsp3) is 1.00. The molecule has 0 bridgehead atoms. The molecule has 0 fully saturated rings. The maximum atomic E-state index is 12.1. The highest BCUT2D eigenvalue weighted by molar-refractivity contribution is 4.67. The minimum absolute atomic E-state index is 0.125. The van der Waals surface area contributed by atoms with Gasteiger partial charge in [-0.2, -0.15) is 13.2 Å². The van der Waals surface area contributed by atoms with Gasteiger partial charge in [0.1, 0.15) is 0 Å². The molecule has 0 aromatic rings. The number of rotatable bonds is 6. The predicted octanol–water partition coefficient (Wildman–Crippen LogP) is 2.33. The van der Waals surface area contributed by atoms with E-state index in [0.29, 0.717) is 12.3 Å². The van der Waals surface area contributed by atoms with Crippen molar-refractivity contribution in [3.8, 4) is 0 Å². The van der Waals surface area contributed by atoms with Gasteiger partial charge in [-0.1, -0.05) is 13.8 Å². The zero-order valence-electron chi connectivity index (χ0n) is 8.60. The molecule has 86 valence electrons. The van der Waals surface area contributed by atoms with Crippen LogP contribution in [0.3, 0.4) is 0 Å². The third-order valence-electron chi connectivity index (χ3n) is 1.82. The minimum Gasteiger partial charge on any atom is -0.367 e. The fourth-order valence-electron chi connectivity index (χ4n) is 1.01. The van der Waals surface area contributed by atoms with Crippen molar-refractivity contribution in [1.82, 2.24) is 0 Å². The van der Waals surface area contributed by atoms with Crippen molar-refractivity contribution in [2.75, 3.05) is 13.2 Å². The second-order valence-corrected chi connectivity index (χ2v) is 3.67. The summed E-state index contributed by atoms with van der Waals surface area (Å²) in [5.41, 5.74) is 4.96. The van der Waals surface area contributed by atoms with Crippen LogP contribution in [-0.2, 0) is 4.74 Å². The Bertz CT molecular complexity index is 147. The van der Waals surface area contributed by atoms with Crippen LogP contribution in [0.2, 0.25) is 0 Å². The van der Waals surface area contributed by atoms with Crippen LogP contribution in [0.25, 0.3) is 0 Å². The summed E-state index contributed by atoms with van der Waals surface area (Å²) in [7, 11) is 0. The van der Waals surface area contributed by atoms with E-state index < -0.39 is 18.8 Å². The van der Waals surface area contributed by atoms with E-state index >= 15 is 0 Å². The second kappa shape index (κ2) is 6.24. The molecule has 0 rings (SSSR count). The summed E-state index contributed by atoms with van der Waals surface area (Å²) in [6.45, 7) is 3.65. The lowest BCUT2D eigenvalue weighted by Crippen LogP contribution is -2.38. The van der Waals surface area contributed by atoms with E-state index in [1.54, 1.807) is 0 Å². The highest BCUT2D eigenvalue weighted by Crippen LogP contribution is 2.22. The summed E-state index contributed by atoms with van der Waals surface area (Å²) >= 11 is 0. The standard InChI is InChI=1S/C9H18F3NO/c1-7(2)4-3-5-14-8(6-13)9(10,11)12/h7-8H,3-6,13H2,1-2H3. The highest BCUT2D eigenvalue weighted by atomic mass is 19.4. The molecule has 0 saturated heterocycles. The molecule has 0 aliphatic rings. The van der Waals surface area contributed by atoms with Crippen molar-refractivity contribution in [1.29, 1.82) is 0 Å². The summed E-state index contributed by atoms with van der Waals surface area (Å²) in [5.74, 6) is 0.487. The first kappa shape index (κ1) is 13.7. The van der Waals surface area contributed by atoms with Gasteiger partial charge in [0.2, 0.25) is 0 Å². The van der Waals surface area contributed by atoms with Gasteiger partial charge in [0.15, 0.2) is 6.10 Å². The van der Waals surface area contributed by atoms with Gasteiger partial charge in [-0.15, -0.1) is 0 Å². The summed E-state index contributed by atoms with van der Waals surface area (Å²) in [6, 6.07) is 0. The Morgan fingerprint density at radius 2 is 1.86 bits per heavy atom. The lowest BCUT2D eigenvalue weighted by molar-refractivity contribution is -0.216. The summed E-state index contributed by atoms with van der Waals surface area (Å²) in [5, 5.41) is 0. The zero-order valence-corrected chi connectivity index (χ0v) is 8.60. The molecule has 0 aliphatic carbocycles. The van der Waals surface area contributed by atoms with E-state index in [-0.39, 0.29) is 6.61 Å². The number of halogens is 3. The molecule has 2 nitrogen and oxygen atoms in total. The van der Waals surface area contributed by atoms with E-state index in [1.165, 1.54) is 0 Å². The Morgan fingerprint density at radius 1 is 1.29 bits per heavy atom. The summed E-state index contributed by atoms with van der Waals surface area (Å²) in [4.78, 5) is 0. The second-order valence-electron chi connectivity index (χ2n) is 3.67. The molecule has 0 aromatic carbocycles. The van der Waals surface area contributed by atoms with Gasteiger partial charge in [0.05, 0.1) is 0 Å². The Kier molecular flexibility index (Phi) is 6.11. The smallest absolute Gasteiger partial charge is 0.367 e. The monoisotopic (exact) mass is 213 g/mol. The van der Waals surface area contributed by atoms with Gasteiger partial charge in [0.25, 0.3) is 0 Å². The molecule has 0 radical (unpaired) electrons. The third kappa shape index (κ3) is 6.21. The molecule has 5 heteroatoms. The van der Waals surface area contributed by atoms with Crippen LogP contribution in [-0.4, -0.2) is 25.4 Å². The molecular formula is C9H18F3NO. The van der Waals surface area contributed by atoms with Crippen LogP contribution in [0.1, 0.15) is 26.7 Å². The normalized spacial score (nSPS) is 14.8. The van der Waals surface area contributed by atoms with Crippen molar-refractivity contribution in [3.63, 3.8) is 0 Å². The van der Waals surface area contributed by atoms with E-state index in [2.05, 4.69) is 4.74 Å². The average molecular weight is 213 g/mol. The van der Waals surface area contributed by atoms with Gasteiger partial charge in [-0.05, 0) is 18.8 Å². The molecule has 0 amide bonds. The molecule has 14 heavy (non-hydrogen) atoms. The van der Waals surface area contributed by atoms with Crippen LogP contribution in [0.5, 0.6) is 0 Å². The summed E-state index contributed by atoms with van der Waals surface area (Å²) < 4.78 is 41.0. The molecule has 1 unspecified atom stereocenters. The molecule has 0 aromatic heterocycles. The largest absolute Gasteiger partial charge is 0.415 e. The average Bonchev–Trinajstić information content (AvgIpc) is 2.01. The first-order chi connectivity index (χ1) is 6.38. The minimum atomic E-state index is -4.34. The molecular weight excluding hydrogens is 195 g/mol. The van der Waals surface area contributed by atoms with E-state index in [1.807, 2.05) is 13.8 Å². The van der Waals surface area contributed by atoms with Gasteiger partial charge in [-0.3, -0.25) is 0 Å². The lowest BCUT2D eigenvalue weighted by atomic mass is 10.1. The molecule has 0 heterocycles. The first-order valence-corrected chi connectivity index (χ1v) is 4.76. The molecule has 0 saturated carbocycles. The van der Waals surface area contributed by atoms with Crippen molar-refractivity contribution < 1.29 is 17.9 Å². The number of hydrogen-bond acceptors (Lipinski definition) is 2. The Hall–Kier alpha value is -0.290.